The van der Waals surface area contributed by atoms with Crippen molar-refractivity contribution in [1.29, 1.82) is 0 Å². The Labute approximate surface area is 118 Å². The second-order valence-corrected chi connectivity index (χ2v) is 8.97. The molecule has 0 saturated heterocycles. The van der Waals surface area contributed by atoms with Gasteiger partial charge in [0.15, 0.2) is 0 Å². The zero-order valence-electron chi connectivity index (χ0n) is 11.1. The highest BCUT2D eigenvalue weighted by Gasteiger charge is 2.38. The van der Waals surface area contributed by atoms with Gasteiger partial charge in [-0.2, -0.15) is 0 Å². The van der Waals surface area contributed by atoms with E-state index in [0.29, 0.717) is 16.8 Å². The van der Waals surface area contributed by atoms with Gasteiger partial charge in [0, 0.05) is 19.1 Å². The fourth-order valence-electron chi connectivity index (χ4n) is 1.87. The van der Waals surface area contributed by atoms with Crippen LogP contribution in [0.3, 0.4) is 0 Å². The Hall–Kier alpha value is -0.430. The second-order valence-electron chi connectivity index (χ2n) is 6.06. The molecule has 1 aromatic heterocycles. The van der Waals surface area contributed by atoms with Crippen molar-refractivity contribution in [2.75, 3.05) is 6.54 Å². The molecule has 0 atom stereocenters. The number of rotatable bonds is 7. The summed E-state index contributed by atoms with van der Waals surface area (Å²) in [6.07, 6.45) is 4.73. The van der Waals surface area contributed by atoms with Gasteiger partial charge in [0.1, 0.15) is 4.21 Å². The average molecular weight is 300 g/mol. The summed E-state index contributed by atoms with van der Waals surface area (Å²) < 4.78 is 27.5. The third kappa shape index (κ3) is 3.56. The Balaban J connectivity index is 1.59. The van der Waals surface area contributed by atoms with E-state index >= 15 is 0 Å². The van der Waals surface area contributed by atoms with Crippen LogP contribution in [-0.2, 0) is 16.6 Å². The lowest BCUT2D eigenvalue weighted by atomic mass is 10.2. The molecule has 2 saturated carbocycles. The van der Waals surface area contributed by atoms with Crippen molar-refractivity contribution in [3.8, 4) is 0 Å². The quantitative estimate of drug-likeness (QED) is 0.810. The smallest absolute Gasteiger partial charge is 0.250 e. The van der Waals surface area contributed by atoms with Crippen LogP contribution in [0.25, 0.3) is 0 Å². The van der Waals surface area contributed by atoms with Crippen molar-refractivity contribution in [1.82, 2.24) is 10.0 Å². The van der Waals surface area contributed by atoms with E-state index in [4.69, 9.17) is 0 Å². The highest BCUT2D eigenvalue weighted by molar-refractivity contribution is 7.91. The van der Waals surface area contributed by atoms with E-state index in [0.717, 1.165) is 24.9 Å². The maximum atomic E-state index is 12.1. The summed E-state index contributed by atoms with van der Waals surface area (Å²) in [7, 11) is -3.31. The van der Waals surface area contributed by atoms with Crippen LogP contribution in [-0.4, -0.2) is 21.0 Å². The first kappa shape index (κ1) is 13.5. The Bertz CT molecular complexity index is 557. The van der Waals surface area contributed by atoms with Crippen LogP contribution in [0.5, 0.6) is 0 Å². The van der Waals surface area contributed by atoms with Gasteiger partial charge >= 0.3 is 0 Å². The lowest BCUT2D eigenvalue weighted by molar-refractivity contribution is 0.531. The summed E-state index contributed by atoms with van der Waals surface area (Å²) in [5.74, 6) is 0. The molecule has 0 aromatic carbocycles. The van der Waals surface area contributed by atoms with Crippen molar-refractivity contribution in [2.45, 2.75) is 49.4 Å². The highest BCUT2D eigenvalue weighted by Crippen LogP contribution is 2.44. The topological polar surface area (TPSA) is 58.2 Å². The number of hydrogen-bond acceptors (Lipinski definition) is 4. The largest absolute Gasteiger partial charge is 0.310 e. The van der Waals surface area contributed by atoms with E-state index in [2.05, 4.69) is 17.0 Å². The molecule has 0 spiro atoms. The molecule has 1 aromatic rings. The van der Waals surface area contributed by atoms with Gasteiger partial charge in [-0.15, -0.1) is 11.3 Å². The molecule has 4 nitrogen and oxygen atoms in total. The van der Waals surface area contributed by atoms with Gasteiger partial charge < -0.3 is 5.32 Å². The van der Waals surface area contributed by atoms with Gasteiger partial charge in [-0.1, -0.05) is 6.92 Å². The molecule has 2 aliphatic rings. The molecular weight excluding hydrogens is 280 g/mol. The molecule has 3 rings (SSSR count). The van der Waals surface area contributed by atoms with Crippen LogP contribution in [0, 0.1) is 5.41 Å². The lowest BCUT2D eigenvalue weighted by Gasteiger charge is -2.09. The molecule has 0 aliphatic heterocycles. The van der Waals surface area contributed by atoms with Crippen LogP contribution in [0.4, 0.5) is 0 Å². The summed E-state index contributed by atoms with van der Waals surface area (Å²) in [5.41, 5.74) is 1.26. The first-order chi connectivity index (χ1) is 8.97. The van der Waals surface area contributed by atoms with Crippen LogP contribution >= 0.6 is 11.3 Å². The second kappa shape index (κ2) is 4.84. The molecule has 0 radical (unpaired) electrons. The minimum absolute atomic E-state index is 0.195. The zero-order valence-corrected chi connectivity index (χ0v) is 12.7. The van der Waals surface area contributed by atoms with Crippen molar-refractivity contribution in [2.24, 2.45) is 5.41 Å². The summed E-state index contributed by atoms with van der Waals surface area (Å²) in [5, 5.41) is 5.33. The standard InChI is InChI=1S/C13H20N2O2S2/c1-13(4-5-13)9-15-19(16,17)12-6-10(8-18-12)7-14-11-2-3-11/h6,8,11,14-15H,2-5,7,9H2,1H3. The molecule has 106 valence electrons. The first-order valence-electron chi connectivity index (χ1n) is 6.77. The Morgan fingerprint density at radius 2 is 2.16 bits per heavy atom. The van der Waals surface area contributed by atoms with Crippen molar-refractivity contribution in [3.05, 3.63) is 17.0 Å². The summed E-state index contributed by atoms with van der Waals surface area (Å²) >= 11 is 1.31. The minimum Gasteiger partial charge on any atom is -0.310 e. The van der Waals surface area contributed by atoms with Crippen molar-refractivity contribution in [3.63, 3.8) is 0 Å². The van der Waals surface area contributed by atoms with Gasteiger partial charge in [0.05, 0.1) is 0 Å². The molecule has 2 N–H and O–H groups in total. The lowest BCUT2D eigenvalue weighted by Crippen LogP contribution is -2.28. The third-order valence-electron chi connectivity index (χ3n) is 3.86. The minimum atomic E-state index is -3.31. The van der Waals surface area contributed by atoms with E-state index in [1.54, 1.807) is 6.07 Å². The number of thiophene rings is 1. The molecule has 0 amide bonds. The molecule has 19 heavy (non-hydrogen) atoms. The molecule has 1 heterocycles. The fraction of sp³-hybridized carbons (Fsp3) is 0.692. The third-order valence-corrected chi connectivity index (χ3v) is 6.75. The SMILES string of the molecule is CC1(CNS(=O)(=O)c2cc(CNC3CC3)cs2)CC1. The van der Waals surface area contributed by atoms with E-state index in [1.807, 2.05) is 5.38 Å². The number of nitrogens with one attached hydrogen (secondary N) is 2. The van der Waals surface area contributed by atoms with Crippen LogP contribution in [0.2, 0.25) is 0 Å². The highest BCUT2D eigenvalue weighted by atomic mass is 32.2. The van der Waals surface area contributed by atoms with Crippen LogP contribution < -0.4 is 10.0 Å². The normalized spacial score (nSPS) is 21.5. The predicted molar refractivity (Wildman–Crippen MR) is 76.7 cm³/mol. The van der Waals surface area contributed by atoms with Crippen LogP contribution in [0.1, 0.15) is 38.2 Å². The maximum Gasteiger partial charge on any atom is 0.250 e. The maximum absolute atomic E-state index is 12.1. The zero-order chi connectivity index (χ0) is 13.5. The van der Waals surface area contributed by atoms with Gasteiger partial charge in [-0.3, -0.25) is 0 Å². The monoisotopic (exact) mass is 300 g/mol. The summed E-state index contributed by atoms with van der Waals surface area (Å²) in [6.45, 7) is 3.45. The average Bonchev–Trinajstić information content (AvgIpc) is 3.28. The first-order valence-corrected chi connectivity index (χ1v) is 9.14. The Morgan fingerprint density at radius 3 is 2.79 bits per heavy atom. The van der Waals surface area contributed by atoms with E-state index in [9.17, 15) is 8.42 Å². The molecular formula is C13H20N2O2S2. The Morgan fingerprint density at radius 1 is 1.42 bits per heavy atom. The molecule has 2 aliphatic carbocycles. The molecule has 0 bridgehead atoms. The predicted octanol–water partition coefficient (Wildman–Crippen LogP) is 2.08. The van der Waals surface area contributed by atoms with Gasteiger partial charge in [0.25, 0.3) is 0 Å². The van der Waals surface area contributed by atoms with E-state index in [-0.39, 0.29) is 5.41 Å². The summed E-state index contributed by atoms with van der Waals surface area (Å²) in [4.78, 5) is 0. The number of sulfonamides is 1. The number of hydrogen-bond donors (Lipinski definition) is 2. The van der Waals surface area contributed by atoms with Gasteiger partial charge in [-0.05, 0) is 48.1 Å². The fourth-order valence-corrected chi connectivity index (χ4v) is 4.32. The summed E-state index contributed by atoms with van der Waals surface area (Å²) in [6, 6.07) is 2.44. The Kier molecular flexibility index (Phi) is 3.45. The van der Waals surface area contributed by atoms with Gasteiger partial charge in [-0.25, -0.2) is 13.1 Å². The van der Waals surface area contributed by atoms with Crippen LogP contribution in [0.15, 0.2) is 15.7 Å². The van der Waals surface area contributed by atoms with E-state index < -0.39 is 10.0 Å². The van der Waals surface area contributed by atoms with Gasteiger partial charge in [0.2, 0.25) is 10.0 Å². The van der Waals surface area contributed by atoms with E-state index in [1.165, 1.54) is 24.2 Å². The molecule has 6 heteroatoms. The molecule has 0 unspecified atom stereocenters. The molecule has 2 fully saturated rings. The van der Waals surface area contributed by atoms with Crippen molar-refractivity contribution >= 4 is 21.4 Å². The van der Waals surface area contributed by atoms with Crippen molar-refractivity contribution < 1.29 is 8.42 Å².